The highest BCUT2D eigenvalue weighted by Gasteiger charge is 2.24. The van der Waals surface area contributed by atoms with E-state index >= 15 is 0 Å². The zero-order valence-corrected chi connectivity index (χ0v) is 23.3. The summed E-state index contributed by atoms with van der Waals surface area (Å²) < 4.78 is 6.01. The molecule has 0 fully saturated rings. The van der Waals surface area contributed by atoms with Crippen LogP contribution in [0.3, 0.4) is 0 Å². The van der Waals surface area contributed by atoms with E-state index in [1.165, 1.54) is 109 Å². The maximum atomic E-state index is 12.1. The summed E-state index contributed by atoms with van der Waals surface area (Å²) in [6, 6.07) is 0. The first kappa shape index (κ1) is 32.9. The Balaban J connectivity index is 3.45. The smallest absolute Gasteiger partial charge is 0.307 e. The zero-order chi connectivity index (χ0) is 25.5. The van der Waals surface area contributed by atoms with Crippen molar-refractivity contribution in [1.29, 1.82) is 0 Å². The molecule has 0 bridgehead atoms. The highest BCUT2D eigenvalue weighted by atomic mass is 16.5. The van der Waals surface area contributed by atoms with Gasteiger partial charge in [-0.15, -0.1) is 0 Å². The fraction of sp³-hybridized carbons (Fsp3) is 0.931. The quantitative estimate of drug-likeness (QED) is 0.0812. The molecule has 0 aliphatic heterocycles. The molecule has 5 heteroatoms. The Kier molecular flexibility index (Phi) is 21.6. The Hall–Kier alpha value is -1.10. The SMILES string of the molecule is CCCCCCCCCCCCCCCCCCCCCC(=O)O[C@H](CC(=O)O)C[N+](C)(C)C. The topological polar surface area (TPSA) is 63.6 Å². The van der Waals surface area contributed by atoms with Crippen LogP contribution in [-0.2, 0) is 14.3 Å². The number of carboxylic acid groups (broad SMARTS) is 1. The number of rotatable bonds is 25. The van der Waals surface area contributed by atoms with Crippen LogP contribution >= 0.6 is 0 Å². The Morgan fingerprint density at radius 3 is 1.32 bits per heavy atom. The third kappa shape index (κ3) is 25.5. The van der Waals surface area contributed by atoms with Gasteiger partial charge in [0.1, 0.15) is 6.54 Å². The highest BCUT2D eigenvalue weighted by Crippen LogP contribution is 2.15. The largest absolute Gasteiger partial charge is 0.481 e. The lowest BCUT2D eigenvalue weighted by Gasteiger charge is -2.28. The number of carbonyl (C=O) groups is 2. The van der Waals surface area contributed by atoms with Crippen molar-refractivity contribution in [2.75, 3.05) is 27.7 Å². The normalized spacial score (nSPS) is 12.6. The van der Waals surface area contributed by atoms with Crippen LogP contribution in [0.1, 0.15) is 142 Å². The molecule has 0 spiro atoms. The van der Waals surface area contributed by atoms with Gasteiger partial charge in [0.05, 0.1) is 27.6 Å². The summed E-state index contributed by atoms with van der Waals surface area (Å²) in [5, 5.41) is 9.04. The van der Waals surface area contributed by atoms with Crippen molar-refractivity contribution < 1.29 is 23.9 Å². The van der Waals surface area contributed by atoms with Crippen LogP contribution in [0, 0.1) is 0 Å². The van der Waals surface area contributed by atoms with Gasteiger partial charge in [0, 0.05) is 6.42 Å². The van der Waals surface area contributed by atoms with Gasteiger partial charge in [-0.1, -0.05) is 122 Å². The van der Waals surface area contributed by atoms with Crippen LogP contribution < -0.4 is 0 Å². The van der Waals surface area contributed by atoms with Gasteiger partial charge in [0.25, 0.3) is 0 Å². The molecule has 5 nitrogen and oxygen atoms in total. The van der Waals surface area contributed by atoms with Crippen molar-refractivity contribution in [3.8, 4) is 0 Å². The maximum Gasteiger partial charge on any atom is 0.307 e. The lowest BCUT2D eigenvalue weighted by Crippen LogP contribution is -2.43. The number of aliphatic carboxylic acids is 1. The van der Waals surface area contributed by atoms with Gasteiger partial charge in [-0.05, 0) is 6.42 Å². The fourth-order valence-corrected chi connectivity index (χ4v) is 4.54. The Labute approximate surface area is 211 Å². The van der Waals surface area contributed by atoms with Gasteiger partial charge in [-0.25, -0.2) is 0 Å². The Morgan fingerprint density at radius 2 is 1.00 bits per heavy atom. The molecule has 0 unspecified atom stereocenters. The first-order chi connectivity index (χ1) is 16.2. The van der Waals surface area contributed by atoms with Crippen LogP contribution in [0.2, 0.25) is 0 Å². The molecule has 1 N–H and O–H groups in total. The van der Waals surface area contributed by atoms with E-state index in [1.54, 1.807) is 0 Å². The molecule has 202 valence electrons. The summed E-state index contributed by atoms with van der Waals surface area (Å²) in [6.07, 6.45) is 25.0. The van der Waals surface area contributed by atoms with Crippen molar-refractivity contribution in [2.24, 2.45) is 0 Å². The first-order valence-electron chi connectivity index (χ1n) is 14.5. The summed E-state index contributed by atoms with van der Waals surface area (Å²) in [4.78, 5) is 23.1. The minimum atomic E-state index is -0.922. The molecule has 0 saturated heterocycles. The Morgan fingerprint density at radius 1 is 0.647 bits per heavy atom. The van der Waals surface area contributed by atoms with Gasteiger partial charge in [-0.2, -0.15) is 0 Å². The van der Waals surface area contributed by atoms with E-state index in [-0.39, 0.29) is 12.4 Å². The van der Waals surface area contributed by atoms with Crippen LogP contribution in [-0.4, -0.2) is 55.3 Å². The minimum absolute atomic E-state index is 0.125. The summed E-state index contributed by atoms with van der Waals surface area (Å²) >= 11 is 0. The van der Waals surface area contributed by atoms with Gasteiger partial charge >= 0.3 is 11.9 Å². The number of carbonyl (C=O) groups excluding carboxylic acids is 1. The number of quaternary nitrogens is 1. The maximum absolute atomic E-state index is 12.1. The third-order valence-corrected chi connectivity index (χ3v) is 6.44. The number of likely N-dealkylation sites (N-methyl/N-ethyl adjacent to an activating group) is 1. The second kappa shape index (κ2) is 22.4. The Bertz CT molecular complexity index is 487. The summed E-state index contributed by atoms with van der Waals surface area (Å²) in [5.41, 5.74) is 0. The molecule has 1 atom stereocenters. The summed E-state index contributed by atoms with van der Waals surface area (Å²) in [7, 11) is 5.92. The van der Waals surface area contributed by atoms with Gasteiger partial charge < -0.3 is 14.3 Å². The highest BCUT2D eigenvalue weighted by molar-refractivity contribution is 5.71. The lowest BCUT2D eigenvalue weighted by atomic mass is 10.0. The average molecular weight is 485 g/mol. The molecule has 0 radical (unpaired) electrons. The molecule has 34 heavy (non-hydrogen) atoms. The molecule has 0 heterocycles. The van der Waals surface area contributed by atoms with E-state index in [4.69, 9.17) is 9.84 Å². The van der Waals surface area contributed by atoms with Crippen molar-refractivity contribution in [3.63, 3.8) is 0 Å². The van der Waals surface area contributed by atoms with Crippen LogP contribution in [0.15, 0.2) is 0 Å². The van der Waals surface area contributed by atoms with Crippen LogP contribution in [0.4, 0.5) is 0 Å². The van der Waals surface area contributed by atoms with Gasteiger partial charge in [-0.3, -0.25) is 9.59 Å². The van der Waals surface area contributed by atoms with E-state index in [0.29, 0.717) is 17.4 Å². The first-order valence-corrected chi connectivity index (χ1v) is 14.5. The summed E-state index contributed by atoms with van der Waals surface area (Å²) in [5.74, 6) is -1.18. The van der Waals surface area contributed by atoms with Crippen LogP contribution in [0.25, 0.3) is 0 Å². The second-order valence-electron chi connectivity index (χ2n) is 11.3. The predicted octanol–water partition coefficient (Wildman–Crippen LogP) is 7.90. The van der Waals surface area contributed by atoms with E-state index in [1.807, 2.05) is 21.1 Å². The number of unbranched alkanes of at least 4 members (excludes halogenated alkanes) is 18. The van der Waals surface area contributed by atoms with Crippen molar-refractivity contribution in [2.45, 2.75) is 148 Å². The van der Waals surface area contributed by atoms with Crippen LogP contribution in [0.5, 0.6) is 0 Å². The zero-order valence-electron chi connectivity index (χ0n) is 23.3. The predicted molar refractivity (Wildman–Crippen MR) is 143 cm³/mol. The van der Waals surface area contributed by atoms with Crippen molar-refractivity contribution in [3.05, 3.63) is 0 Å². The lowest BCUT2D eigenvalue weighted by molar-refractivity contribution is -0.873. The molecular weight excluding hydrogens is 426 g/mol. The van der Waals surface area contributed by atoms with E-state index in [0.717, 1.165) is 12.8 Å². The number of hydrogen-bond acceptors (Lipinski definition) is 3. The molecule has 0 saturated carbocycles. The van der Waals surface area contributed by atoms with Gasteiger partial charge in [0.2, 0.25) is 0 Å². The average Bonchev–Trinajstić information content (AvgIpc) is 2.73. The van der Waals surface area contributed by atoms with E-state index < -0.39 is 12.1 Å². The van der Waals surface area contributed by atoms with Crippen molar-refractivity contribution in [1.82, 2.24) is 0 Å². The molecule has 0 aliphatic carbocycles. The molecule has 0 amide bonds. The third-order valence-electron chi connectivity index (χ3n) is 6.44. The second-order valence-corrected chi connectivity index (χ2v) is 11.3. The minimum Gasteiger partial charge on any atom is -0.481 e. The monoisotopic (exact) mass is 484 g/mol. The van der Waals surface area contributed by atoms with E-state index in [2.05, 4.69) is 6.92 Å². The van der Waals surface area contributed by atoms with Crippen molar-refractivity contribution >= 4 is 11.9 Å². The molecule has 0 aromatic heterocycles. The number of ether oxygens (including phenoxy) is 1. The number of nitrogens with zero attached hydrogens (tertiary/aromatic N) is 1. The number of esters is 1. The molecular formula is C29H58NO4+. The molecule has 0 rings (SSSR count). The molecule has 0 aromatic rings. The number of carboxylic acids is 1. The molecule has 0 aromatic carbocycles. The van der Waals surface area contributed by atoms with Gasteiger partial charge in [0.15, 0.2) is 6.10 Å². The summed E-state index contributed by atoms with van der Waals surface area (Å²) in [6.45, 7) is 2.79. The fourth-order valence-electron chi connectivity index (χ4n) is 4.54. The molecule has 0 aliphatic rings. The standard InChI is InChI=1S/C29H57NO4/c1-5-6-7-8-9-10-11-12-13-14-15-16-17-18-19-20-21-22-23-24-29(33)34-27(25-28(31)32)26-30(2,3)4/h27H,5-26H2,1-4H3/p+1/t27-/m1/s1. The van der Waals surface area contributed by atoms with E-state index in [9.17, 15) is 9.59 Å². The number of hydrogen-bond donors (Lipinski definition) is 1.